The van der Waals surface area contributed by atoms with Gasteiger partial charge in [-0.3, -0.25) is 4.79 Å². The Morgan fingerprint density at radius 3 is 2.60 bits per heavy atom. The Labute approximate surface area is 121 Å². The van der Waals surface area contributed by atoms with Gasteiger partial charge < -0.3 is 10.2 Å². The standard InChI is InChI=1S/C14H24N2O3S/c1-10(11-8-15-9-11)14(17)16-6-7-20(18,19)13-5-3-2-4-12(13)16/h10-13,15H,2-9H2,1H3. The van der Waals surface area contributed by atoms with Crippen molar-refractivity contribution in [2.75, 3.05) is 25.4 Å². The molecule has 0 aromatic rings. The summed E-state index contributed by atoms with van der Waals surface area (Å²) < 4.78 is 24.4. The molecule has 0 aromatic carbocycles. The Bertz CT molecular complexity index is 487. The van der Waals surface area contributed by atoms with Crippen LogP contribution < -0.4 is 5.32 Å². The first-order valence-electron chi connectivity index (χ1n) is 7.73. The second-order valence-corrected chi connectivity index (χ2v) is 8.84. The molecule has 1 amide bonds. The van der Waals surface area contributed by atoms with Crippen LogP contribution in [-0.4, -0.2) is 55.9 Å². The number of carbonyl (C=O) groups is 1. The summed E-state index contributed by atoms with van der Waals surface area (Å²) >= 11 is 0. The van der Waals surface area contributed by atoms with Crippen LogP contribution in [0.5, 0.6) is 0 Å². The Balaban J connectivity index is 1.77. The molecule has 2 heterocycles. The molecule has 0 bridgehead atoms. The summed E-state index contributed by atoms with van der Waals surface area (Å²) in [4.78, 5) is 14.6. The average Bonchev–Trinajstić information content (AvgIpc) is 2.36. The molecular weight excluding hydrogens is 276 g/mol. The average molecular weight is 300 g/mol. The maximum absolute atomic E-state index is 12.7. The molecule has 2 saturated heterocycles. The molecule has 20 heavy (non-hydrogen) atoms. The molecule has 3 fully saturated rings. The van der Waals surface area contributed by atoms with Gasteiger partial charge in [0.1, 0.15) is 0 Å². The highest BCUT2D eigenvalue weighted by Crippen LogP contribution is 2.33. The molecule has 2 aliphatic heterocycles. The number of hydrogen-bond acceptors (Lipinski definition) is 4. The molecule has 3 unspecified atom stereocenters. The second kappa shape index (κ2) is 5.30. The molecule has 3 rings (SSSR count). The van der Waals surface area contributed by atoms with Gasteiger partial charge in [-0.05, 0) is 31.8 Å². The lowest BCUT2D eigenvalue weighted by atomic mass is 9.86. The first-order chi connectivity index (χ1) is 9.50. The Morgan fingerprint density at radius 2 is 1.95 bits per heavy atom. The van der Waals surface area contributed by atoms with Crippen LogP contribution in [0.15, 0.2) is 0 Å². The topological polar surface area (TPSA) is 66.5 Å². The Kier molecular flexibility index (Phi) is 3.79. The van der Waals surface area contributed by atoms with Gasteiger partial charge >= 0.3 is 0 Å². The van der Waals surface area contributed by atoms with Crippen LogP contribution >= 0.6 is 0 Å². The van der Waals surface area contributed by atoms with E-state index >= 15 is 0 Å². The van der Waals surface area contributed by atoms with Gasteiger partial charge in [0, 0.05) is 18.5 Å². The fourth-order valence-electron chi connectivity index (χ4n) is 3.80. The maximum atomic E-state index is 12.7. The summed E-state index contributed by atoms with van der Waals surface area (Å²) in [6.45, 7) is 4.21. The largest absolute Gasteiger partial charge is 0.337 e. The maximum Gasteiger partial charge on any atom is 0.226 e. The molecule has 0 aromatic heterocycles. The normalized spacial score (nSPS) is 35.0. The van der Waals surface area contributed by atoms with E-state index in [1.807, 2.05) is 11.8 Å². The molecule has 5 nitrogen and oxygen atoms in total. The van der Waals surface area contributed by atoms with Crippen LogP contribution in [0.3, 0.4) is 0 Å². The van der Waals surface area contributed by atoms with Crippen molar-refractivity contribution < 1.29 is 13.2 Å². The third-order valence-corrected chi connectivity index (χ3v) is 7.56. The van der Waals surface area contributed by atoms with Gasteiger partial charge in [-0.2, -0.15) is 0 Å². The smallest absolute Gasteiger partial charge is 0.226 e. The third-order valence-electron chi connectivity index (χ3n) is 5.34. The molecule has 1 aliphatic carbocycles. The number of hydrogen-bond donors (Lipinski definition) is 1. The fraction of sp³-hybridized carbons (Fsp3) is 0.929. The van der Waals surface area contributed by atoms with E-state index in [1.165, 1.54) is 0 Å². The van der Waals surface area contributed by atoms with E-state index in [2.05, 4.69) is 5.32 Å². The number of sulfone groups is 1. The number of amides is 1. The minimum Gasteiger partial charge on any atom is -0.337 e. The highest BCUT2D eigenvalue weighted by molar-refractivity contribution is 7.92. The molecule has 114 valence electrons. The van der Waals surface area contributed by atoms with E-state index in [-0.39, 0.29) is 28.9 Å². The van der Waals surface area contributed by atoms with E-state index in [9.17, 15) is 13.2 Å². The second-order valence-electron chi connectivity index (χ2n) is 6.50. The van der Waals surface area contributed by atoms with Crippen LogP contribution in [0.4, 0.5) is 0 Å². The SMILES string of the molecule is CC(C(=O)N1CCS(=O)(=O)C2CCCCC21)C1CNC1. The number of carbonyl (C=O) groups excluding carboxylic acids is 1. The van der Waals surface area contributed by atoms with Crippen molar-refractivity contribution in [3.63, 3.8) is 0 Å². The van der Waals surface area contributed by atoms with Gasteiger partial charge in [-0.25, -0.2) is 8.42 Å². The number of rotatable bonds is 2. The minimum absolute atomic E-state index is 0.0135. The highest BCUT2D eigenvalue weighted by Gasteiger charge is 2.45. The quantitative estimate of drug-likeness (QED) is 0.802. The van der Waals surface area contributed by atoms with Gasteiger partial charge in [0.15, 0.2) is 9.84 Å². The van der Waals surface area contributed by atoms with Gasteiger partial charge in [0.25, 0.3) is 0 Å². The van der Waals surface area contributed by atoms with E-state index < -0.39 is 9.84 Å². The lowest BCUT2D eigenvalue weighted by Crippen LogP contribution is -2.60. The Hall–Kier alpha value is -0.620. The molecular formula is C14H24N2O3S. The number of nitrogens with zero attached hydrogens (tertiary/aromatic N) is 1. The van der Waals surface area contributed by atoms with Crippen LogP contribution in [0.1, 0.15) is 32.6 Å². The van der Waals surface area contributed by atoms with Gasteiger partial charge in [-0.1, -0.05) is 19.8 Å². The molecule has 1 N–H and O–H groups in total. The van der Waals surface area contributed by atoms with Crippen molar-refractivity contribution in [2.45, 2.75) is 43.9 Å². The van der Waals surface area contributed by atoms with Crippen molar-refractivity contribution >= 4 is 15.7 Å². The van der Waals surface area contributed by atoms with Crippen molar-refractivity contribution in [2.24, 2.45) is 11.8 Å². The summed E-state index contributed by atoms with van der Waals surface area (Å²) in [5.41, 5.74) is 0. The molecule has 0 spiro atoms. The van der Waals surface area contributed by atoms with Gasteiger partial charge in [-0.15, -0.1) is 0 Å². The van der Waals surface area contributed by atoms with E-state index in [0.29, 0.717) is 12.5 Å². The molecule has 3 atom stereocenters. The van der Waals surface area contributed by atoms with Crippen LogP contribution in [0, 0.1) is 11.8 Å². The predicted octanol–water partition coefficient (Wildman–Crippen LogP) is 0.410. The van der Waals surface area contributed by atoms with Crippen LogP contribution in [0.2, 0.25) is 0 Å². The lowest BCUT2D eigenvalue weighted by molar-refractivity contribution is -0.140. The molecule has 6 heteroatoms. The third kappa shape index (κ3) is 2.37. The van der Waals surface area contributed by atoms with Crippen molar-refractivity contribution in [1.82, 2.24) is 10.2 Å². The highest BCUT2D eigenvalue weighted by atomic mass is 32.2. The Morgan fingerprint density at radius 1 is 1.25 bits per heavy atom. The number of nitrogens with one attached hydrogen (secondary N) is 1. The zero-order valence-electron chi connectivity index (χ0n) is 12.0. The van der Waals surface area contributed by atoms with Gasteiger partial charge in [0.05, 0.1) is 11.0 Å². The molecule has 3 aliphatic rings. The van der Waals surface area contributed by atoms with Crippen LogP contribution in [-0.2, 0) is 14.6 Å². The van der Waals surface area contributed by atoms with Gasteiger partial charge in [0.2, 0.25) is 5.91 Å². The fourth-order valence-corrected chi connectivity index (χ4v) is 5.84. The first kappa shape index (κ1) is 14.3. The number of fused-ring (bicyclic) bond motifs is 1. The molecule has 0 radical (unpaired) electrons. The van der Waals surface area contributed by atoms with Crippen molar-refractivity contribution in [3.8, 4) is 0 Å². The summed E-state index contributed by atoms with van der Waals surface area (Å²) in [7, 11) is -2.99. The predicted molar refractivity (Wildman–Crippen MR) is 77.1 cm³/mol. The van der Waals surface area contributed by atoms with Crippen molar-refractivity contribution in [3.05, 3.63) is 0 Å². The first-order valence-corrected chi connectivity index (χ1v) is 9.45. The van der Waals surface area contributed by atoms with Crippen LogP contribution in [0.25, 0.3) is 0 Å². The van der Waals surface area contributed by atoms with E-state index in [4.69, 9.17) is 0 Å². The summed E-state index contributed by atoms with van der Waals surface area (Å²) in [6, 6.07) is -0.0644. The van der Waals surface area contributed by atoms with E-state index in [1.54, 1.807) is 0 Å². The zero-order valence-corrected chi connectivity index (χ0v) is 12.9. The van der Waals surface area contributed by atoms with E-state index in [0.717, 1.165) is 38.8 Å². The summed E-state index contributed by atoms with van der Waals surface area (Å²) in [5, 5.41) is 2.90. The molecule has 1 saturated carbocycles. The minimum atomic E-state index is -2.99. The zero-order chi connectivity index (χ0) is 14.3. The summed E-state index contributed by atoms with van der Waals surface area (Å²) in [6.07, 6.45) is 3.60. The monoisotopic (exact) mass is 300 g/mol. The summed E-state index contributed by atoms with van der Waals surface area (Å²) in [5.74, 6) is 0.751. The lowest BCUT2D eigenvalue weighted by Gasteiger charge is -2.45. The van der Waals surface area contributed by atoms with Crippen molar-refractivity contribution in [1.29, 1.82) is 0 Å².